The quantitative estimate of drug-likeness (QED) is 0.800. The molecule has 2 heterocycles. The molecule has 2 aliphatic heterocycles. The molecule has 0 aliphatic carbocycles. The number of piperidine rings is 2. The van der Waals surface area contributed by atoms with Crippen molar-refractivity contribution in [1.29, 1.82) is 0 Å². The average molecular weight is 373 g/mol. The van der Waals surface area contributed by atoms with E-state index in [1.54, 1.807) is 0 Å². The number of hydrogen-bond donors (Lipinski definition) is 2. The smallest absolute Gasteiger partial charge is 0.225 e. The van der Waals surface area contributed by atoms with Crippen LogP contribution < -0.4 is 15.4 Å². The standard InChI is InChI=1S/C21H31N3O3/c1-16-19(8-5-12-22-16)23-21(26)17-9-13-24(14-10-17)20(25)11-15-27-18-6-3-2-4-7-18/h2-4,6-7,16-17,19,22H,5,8-15H2,1H3,(H,23,26). The zero-order valence-electron chi connectivity index (χ0n) is 16.2. The number of ether oxygens (including phenoxy) is 1. The van der Waals surface area contributed by atoms with Crippen LogP contribution in [0.1, 0.15) is 39.0 Å². The molecule has 0 spiro atoms. The van der Waals surface area contributed by atoms with E-state index >= 15 is 0 Å². The van der Waals surface area contributed by atoms with Crippen molar-refractivity contribution in [2.24, 2.45) is 5.92 Å². The van der Waals surface area contributed by atoms with Crippen molar-refractivity contribution < 1.29 is 14.3 Å². The maximum Gasteiger partial charge on any atom is 0.225 e. The first-order valence-electron chi connectivity index (χ1n) is 10.1. The van der Waals surface area contributed by atoms with Crippen LogP contribution in [0, 0.1) is 5.92 Å². The van der Waals surface area contributed by atoms with Crippen molar-refractivity contribution in [2.45, 2.75) is 51.1 Å². The molecule has 2 fully saturated rings. The van der Waals surface area contributed by atoms with Crippen molar-refractivity contribution >= 4 is 11.8 Å². The summed E-state index contributed by atoms with van der Waals surface area (Å²) in [5, 5.41) is 6.62. The first-order chi connectivity index (χ1) is 13.1. The molecule has 0 saturated carbocycles. The lowest BCUT2D eigenvalue weighted by molar-refractivity contribution is -0.136. The Balaban J connectivity index is 1.36. The topological polar surface area (TPSA) is 70.7 Å². The first-order valence-corrected chi connectivity index (χ1v) is 10.1. The fraction of sp³-hybridized carbons (Fsp3) is 0.619. The lowest BCUT2D eigenvalue weighted by atomic mass is 9.93. The molecule has 1 aromatic carbocycles. The molecule has 2 amide bonds. The van der Waals surface area contributed by atoms with Gasteiger partial charge in [-0.05, 0) is 51.3 Å². The minimum Gasteiger partial charge on any atom is -0.493 e. The van der Waals surface area contributed by atoms with Crippen LogP contribution in [-0.4, -0.2) is 55.0 Å². The van der Waals surface area contributed by atoms with Gasteiger partial charge in [0.1, 0.15) is 5.75 Å². The van der Waals surface area contributed by atoms with Crippen molar-refractivity contribution in [3.05, 3.63) is 30.3 Å². The Hall–Kier alpha value is -2.08. The molecule has 2 N–H and O–H groups in total. The van der Waals surface area contributed by atoms with Gasteiger partial charge in [-0.25, -0.2) is 0 Å². The Morgan fingerprint density at radius 2 is 1.93 bits per heavy atom. The maximum atomic E-state index is 12.6. The molecule has 1 aromatic rings. The Morgan fingerprint density at radius 1 is 1.19 bits per heavy atom. The fourth-order valence-electron chi connectivity index (χ4n) is 3.86. The molecule has 6 heteroatoms. The number of amides is 2. The molecule has 2 aliphatic rings. The molecule has 148 valence electrons. The molecule has 0 aromatic heterocycles. The minimum atomic E-state index is 0.0174. The van der Waals surface area contributed by atoms with Crippen LogP contribution in [0.2, 0.25) is 0 Å². The Bertz CT molecular complexity index is 614. The first kappa shape index (κ1) is 19.7. The molecule has 3 rings (SSSR count). The summed E-state index contributed by atoms with van der Waals surface area (Å²) in [4.78, 5) is 26.8. The Kier molecular flexibility index (Phi) is 7.10. The van der Waals surface area contributed by atoms with Gasteiger partial charge in [0, 0.05) is 31.1 Å². The van der Waals surface area contributed by atoms with Gasteiger partial charge in [0.15, 0.2) is 0 Å². The summed E-state index contributed by atoms with van der Waals surface area (Å²) in [5.41, 5.74) is 0. The highest BCUT2D eigenvalue weighted by molar-refractivity contribution is 5.80. The van der Waals surface area contributed by atoms with Crippen LogP contribution in [0.3, 0.4) is 0 Å². The third-order valence-corrected chi connectivity index (χ3v) is 5.64. The van der Waals surface area contributed by atoms with Gasteiger partial charge in [-0.1, -0.05) is 18.2 Å². The Morgan fingerprint density at radius 3 is 2.63 bits per heavy atom. The van der Waals surface area contributed by atoms with Gasteiger partial charge in [-0.3, -0.25) is 9.59 Å². The van der Waals surface area contributed by atoms with E-state index < -0.39 is 0 Å². The van der Waals surface area contributed by atoms with Gasteiger partial charge in [-0.15, -0.1) is 0 Å². The zero-order chi connectivity index (χ0) is 19.1. The molecule has 2 unspecified atom stereocenters. The molecule has 0 radical (unpaired) electrons. The highest BCUT2D eigenvalue weighted by atomic mass is 16.5. The number of carbonyl (C=O) groups excluding carboxylic acids is 2. The zero-order valence-corrected chi connectivity index (χ0v) is 16.2. The van der Waals surface area contributed by atoms with Crippen LogP contribution in [0.4, 0.5) is 0 Å². The van der Waals surface area contributed by atoms with E-state index in [4.69, 9.17) is 4.74 Å². The largest absolute Gasteiger partial charge is 0.493 e. The van der Waals surface area contributed by atoms with Crippen LogP contribution in [0.15, 0.2) is 30.3 Å². The molecule has 6 nitrogen and oxygen atoms in total. The average Bonchev–Trinajstić information content (AvgIpc) is 2.70. The molecule has 27 heavy (non-hydrogen) atoms. The number of para-hydroxylation sites is 1. The predicted molar refractivity (Wildman–Crippen MR) is 104 cm³/mol. The van der Waals surface area contributed by atoms with Gasteiger partial charge in [0.25, 0.3) is 0 Å². The van der Waals surface area contributed by atoms with E-state index in [1.807, 2.05) is 35.2 Å². The number of benzene rings is 1. The van der Waals surface area contributed by atoms with Crippen LogP contribution >= 0.6 is 0 Å². The summed E-state index contributed by atoms with van der Waals surface area (Å²) >= 11 is 0. The van der Waals surface area contributed by atoms with Gasteiger partial charge < -0.3 is 20.3 Å². The molecule has 2 saturated heterocycles. The molecule has 0 bridgehead atoms. The third-order valence-electron chi connectivity index (χ3n) is 5.64. The molecular weight excluding hydrogens is 342 g/mol. The number of nitrogens with zero attached hydrogens (tertiary/aromatic N) is 1. The van der Waals surface area contributed by atoms with Crippen molar-refractivity contribution in [1.82, 2.24) is 15.5 Å². The van der Waals surface area contributed by atoms with E-state index in [-0.39, 0.29) is 23.8 Å². The van der Waals surface area contributed by atoms with Gasteiger partial charge >= 0.3 is 0 Å². The number of carbonyl (C=O) groups is 2. The van der Waals surface area contributed by atoms with Crippen LogP contribution in [-0.2, 0) is 9.59 Å². The lowest BCUT2D eigenvalue weighted by Crippen LogP contribution is -2.54. The van der Waals surface area contributed by atoms with Crippen molar-refractivity contribution in [3.8, 4) is 5.75 Å². The van der Waals surface area contributed by atoms with E-state index in [0.29, 0.717) is 32.2 Å². The molecular formula is C21H31N3O3. The van der Waals surface area contributed by atoms with Crippen molar-refractivity contribution in [2.75, 3.05) is 26.2 Å². The second-order valence-electron chi connectivity index (χ2n) is 7.57. The summed E-state index contributed by atoms with van der Waals surface area (Å²) in [5.74, 6) is 1.06. The van der Waals surface area contributed by atoms with Crippen LogP contribution in [0.25, 0.3) is 0 Å². The summed E-state index contributed by atoms with van der Waals surface area (Å²) in [7, 11) is 0. The second-order valence-corrected chi connectivity index (χ2v) is 7.57. The summed E-state index contributed by atoms with van der Waals surface area (Å²) in [6, 6.07) is 10.1. The number of nitrogens with one attached hydrogen (secondary N) is 2. The Labute approximate surface area is 161 Å². The van der Waals surface area contributed by atoms with Gasteiger partial charge in [-0.2, -0.15) is 0 Å². The van der Waals surface area contributed by atoms with Crippen LogP contribution in [0.5, 0.6) is 5.75 Å². The minimum absolute atomic E-state index is 0.0174. The van der Waals surface area contributed by atoms with E-state index in [0.717, 1.165) is 38.0 Å². The number of likely N-dealkylation sites (tertiary alicyclic amines) is 1. The highest BCUT2D eigenvalue weighted by Gasteiger charge is 2.30. The predicted octanol–water partition coefficient (Wildman–Crippen LogP) is 1.95. The monoisotopic (exact) mass is 373 g/mol. The van der Waals surface area contributed by atoms with Gasteiger partial charge in [0.2, 0.25) is 11.8 Å². The van der Waals surface area contributed by atoms with E-state index in [9.17, 15) is 9.59 Å². The summed E-state index contributed by atoms with van der Waals surface area (Å²) in [6.45, 7) is 4.85. The summed E-state index contributed by atoms with van der Waals surface area (Å²) < 4.78 is 5.60. The van der Waals surface area contributed by atoms with E-state index in [2.05, 4.69) is 17.6 Å². The second kappa shape index (κ2) is 9.74. The number of rotatable bonds is 6. The lowest BCUT2D eigenvalue weighted by Gasteiger charge is -2.35. The highest BCUT2D eigenvalue weighted by Crippen LogP contribution is 2.19. The maximum absolute atomic E-state index is 12.6. The van der Waals surface area contributed by atoms with Gasteiger partial charge in [0.05, 0.1) is 13.0 Å². The fourth-order valence-corrected chi connectivity index (χ4v) is 3.86. The normalized spacial score (nSPS) is 23.7. The SMILES string of the molecule is CC1NCCCC1NC(=O)C1CCN(C(=O)CCOc2ccccc2)CC1. The van der Waals surface area contributed by atoms with E-state index in [1.165, 1.54) is 0 Å². The van der Waals surface area contributed by atoms with Crippen molar-refractivity contribution in [3.63, 3.8) is 0 Å². The summed E-state index contributed by atoms with van der Waals surface area (Å²) in [6.07, 6.45) is 4.00. The third kappa shape index (κ3) is 5.70. The number of hydrogen-bond acceptors (Lipinski definition) is 4. The molecule has 2 atom stereocenters.